The Morgan fingerprint density at radius 2 is 2.24 bits per heavy atom. The van der Waals surface area contributed by atoms with E-state index in [9.17, 15) is 0 Å². The Hall–Kier alpha value is -0.850. The van der Waals surface area contributed by atoms with Crippen LogP contribution < -0.4 is 9.47 Å². The highest BCUT2D eigenvalue weighted by molar-refractivity contribution is 9.10. The zero-order valence-corrected chi connectivity index (χ0v) is 12.0. The Morgan fingerprint density at radius 1 is 1.41 bits per heavy atom. The van der Waals surface area contributed by atoms with Crippen molar-refractivity contribution in [3.63, 3.8) is 0 Å². The summed E-state index contributed by atoms with van der Waals surface area (Å²) in [6.45, 7) is 0.343. The van der Waals surface area contributed by atoms with Gasteiger partial charge in [-0.3, -0.25) is 0 Å². The summed E-state index contributed by atoms with van der Waals surface area (Å²) in [5, 5.41) is 8.30. The lowest BCUT2D eigenvalue weighted by atomic mass is 10.3. The van der Waals surface area contributed by atoms with Gasteiger partial charge in [-0.25, -0.2) is 0 Å². The molecule has 7 heteroatoms. The number of ether oxygens (including phenoxy) is 2. The molecule has 0 unspecified atom stereocenters. The number of halogens is 2. The molecule has 0 aliphatic carbocycles. The van der Waals surface area contributed by atoms with E-state index >= 15 is 0 Å². The number of benzene rings is 1. The third kappa shape index (κ3) is 3.31. The third-order valence-corrected chi connectivity index (χ3v) is 3.54. The Bertz CT molecular complexity index is 521. The van der Waals surface area contributed by atoms with Gasteiger partial charge in [0.15, 0.2) is 5.01 Å². The maximum absolute atomic E-state index is 5.68. The van der Waals surface area contributed by atoms with E-state index in [2.05, 4.69) is 26.1 Å². The molecular weight excluding hydrogens is 328 g/mol. The molecule has 1 aromatic carbocycles. The fraction of sp³-hybridized carbons (Fsp3) is 0.200. The van der Waals surface area contributed by atoms with Crippen LogP contribution in [-0.4, -0.2) is 17.3 Å². The fourth-order valence-corrected chi connectivity index (χ4v) is 2.41. The molecule has 0 aliphatic heterocycles. The topological polar surface area (TPSA) is 44.2 Å². The van der Waals surface area contributed by atoms with Crippen molar-refractivity contribution < 1.29 is 9.47 Å². The molecule has 0 N–H and O–H groups in total. The van der Waals surface area contributed by atoms with Gasteiger partial charge in [-0.05, 0) is 45.7 Å². The van der Waals surface area contributed by atoms with Crippen molar-refractivity contribution in [2.45, 2.75) is 6.61 Å². The number of rotatable bonds is 4. The molecule has 1 aromatic heterocycles. The summed E-state index contributed by atoms with van der Waals surface area (Å²) in [6, 6.07) is 5.49. The van der Waals surface area contributed by atoms with E-state index in [0.717, 1.165) is 21.0 Å². The highest BCUT2D eigenvalue weighted by Crippen LogP contribution is 2.30. The molecule has 90 valence electrons. The van der Waals surface area contributed by atoms with Crippen molar-refractivity contribution in [3.05, 3.63) is 32.1 Å². The molecule has 1 heterocycles. The summed E-state index contributed by atoms with van der Waals surface area (Å²) in [4.78, 5) is 0. The van der Waals surface area contributed by atoms with Crippen LogP contribution in [-0.2, 0) is 6.61 Å². The van der Waals surface area contributed by atoms with Crippen LogP contribution in [0, 0.1) is 0 Å². The predicted octanol–water partition coefficient (Wildman–Crippen LogP) is 3.54. The SMILES string of the molecule is COc1ccc(OCc2nnc(Cl)s2)c(Br)c1. The minimum atomic E-state index is 0.343. The predicted molar refractivity (Wildman–Crippen MR) is 69.9 cm³/mol. The van der Waals surface area contributed by atoms with E-state index in [0.29, 0.717) is 11.1 Å². The van der Waals surface area contributed by atoms with Crippen molar-refractivity contribution >= 4 is 38.9 Å². The summed E-state index contributed by atoms with van der Waals surface area (Å²) >= 11 is 10.4. The highest BCUT2D eigenvalue weighted by atomic mass is 79.9. The first-order valence-electron chi connectivity index (χ1n) is 4.63. The molecular formula is C10H8BrClN2O2S. The fourth-order valence-electron chi connectivity index (χ4n) is 1.16. The van der Waals surface area contributed by atoms with Crippen LogP contribution in [0.25, 0.3) is 0 Å². The summed E-state index contributed by atoms with van der Waals surface area (Å²) in [5.41, 5.74) is 0. The van der Waals surface area contributed by atoms with Crippen LogP contribution in [0.1, 0.15) is 5.01 Å². The molecule has 0 aliphatic rings. The van der Waals surface area contributed by atoms with Gasteiger partial charge in [0.25, 0.3) is 0 Å². The van der Waals surface area contributed by atoms with E-state index in [4.69, 9.17) is 21.1 Å². The lowest BCUT2D eigenvalue weighted by molar-refractivity contribution is 0.302. The average molecular weight is 336 g/mol. The zero-order valence-electron chi connectivity index (χ0n) is 8.81. The Kier molecular flexibility index (Phi) is 4.20. The molecule has 0 bridgehead atoms. The number of hydrogen-bond donors (Lipinski definition) is 0. The van der Waals surface area contributed by atoms with Crippen LogP contribution in [0.5, 0.6) is 11.5 Å². The van der Waals surface area contributed by atoms with Crippen molar-refractivity contribution in [1.82, 2.24) is 10.2 Å². The summed E-state index contributed by atoms with van der Waals surface area (Å²) < 4.78 is 11.9. The second-order valence-corrected chi connectivity index (χ2v) is 5.53. The maximum atomic E-state index is 5.68. The molecule has 2 aromatic rings. The lowest BCUT2D eigenvalue weighted by Gasteiger charge is -2.07. The minimum Gasteiger partial charge on any atom is -0.497 e. The van der Waals surface area contributed by atoms with Crippen LogP contribution in [0.15, 0.2) is 22.7 Å². The first kappa shape index (κ1) is 12.6. The van der Waals surface area contributed by atoms with Gasteiger partial charge in [0.2, 0.25) is 4.47 Å². The molecule has 0 saturated carbocycles. The zero-order chi connectivity index (χ0) is 12.3. The second kappa shape index (κ2) is 5.66. The lowest BCUT2D eigenvalue weighted by Crippen LogP contribution is -1.95. The minimum absolute atomic E-state index is 0.343. The van der Waals surface area contributed by atoms with E-state index < -0.39 is 0 Å². The van der Waals surface area contributed by atoms with Gasteiger partial charge >= 0.3 is 0 Å². The van der Waals surface area contributed by atoms with Gasteiger partial charge in [-0.2, -0.15) is 0 Å². The standard InChI is InChI=1S/C10H8BrClN2O2S/c1-15-6-2-3-8(7(11)4-6)16-5-9-13-14-10(12)17-9/h2-4H,5H2,1H3. The van der Waals surface area contributed by atoms with Gasteiger partial charge in [-0.15, -0.1) is 10.2 Å². The van der Waals surface area contributed by atoms with Crippen molar-refractivity contribution in [2.24, 2.45) is 0 Å². The summed E-state index contributed by atoms with van der Waals surface area (Å²) in [7, 11) is 1.62. The molecule has 0 atom stereocenters. The molecule has 0 radical (unpaired) electrons. The number of aromatic nitrogens is 2. The normalized spacial score (nSPS) is 10.3. The molecule has 17 heavy (non-hydrogen) atoms. The van der Waals surface area contributed by atoms with Gasteiger partial charge in [0.05, 0.1) is 11.6 Å². The summed E-state index contributed by atoms with van der Waals surface area (Å²) in [5.74, 6) is 1.49. The van der Waals surface area contributed by atoms with Crippen LogP contribution >= 0.6 is 38.9 Å². The number of hydrogen-bond acceptors (Lipinski definition) is 5. The Balaban J connectivity index is 2.04. The molecule has 0 amide bonds. The Morgan fingerprint density at radius 3 is 2.82 bits per heavy atom. The van der Waals surface area contributed by atoms with E-state index in [-0.39, 0.29) is 0 Å². The van der Waals surface area contributed by atoms with E-state index in [1.54, 1.807) is 7.11 Å². The van der Waals surface area contributed by atoms with Gasteiger partial charge < -0.3 is 9.47 Å². The number of nitrogens with zero attached hydrogens (tertiary/aromatic N) is 2. The van der Waals surface area contributed by atoms with Crippen LogP contribution in [0.3, 0.4) is 0 Å². The first-order chi connectivity index (χ1) is 8.19. The summed E-state index contributed by atoms with van der Waals surface area (Å²) in [6.07, 6.45) is 0. The molecule has 0 spiro atoms. The second-order valence-electron chi connectivity index (χ2n) is 3.03. The van der Waals surface area contributed by atoms with Crippen LogP contribution in [0.4, 0.5) is 0 Å². The smallest absolute Gasteiger partial charge is 0.207 e. The van der Waals surface area contributed by atoms with E-state index in [1.165, 1.54) is 11.3 Å². The number of methoxy groups -OCH3 is 1. The highest BCUT2D eigenvalue weighted by Gasteiger charge is 2.06. The van der Waals surface area contributed by atoms with E-state index in [1.807, 2.05) is 18.2 Å². The molecule has 0 saturated heterocycles. The van der Waals surface area contributed by atoms with Gasteiger partial charge in [0.1, 0.15) is 18.1 Å². The van der Waals surface area contributed by atoms with Crippen molar-refractivity contribution in [3.8, 4) is 11.5 Å². The third-order valence-electron chi connectivity index (χ3n) is 1.93. The molecule has 2 rings (SSSR count). The van der Waals surface area contributed by atoms with Gasteiger partial charge in [-0.1, -0.05) is 11.3 Å². The molecule has 4 nitrogen and oxygen atoms in total. The largest absolute Gasteiger partial charge is 0.497 e. The van der Waals surface area contributed by atoms with Crippen LogP contribution in [0.2, 0.25) is 4.47 Å². The quantitative estimate of drug-likeness (QED) is 0.857. The monoisotopic (exact) mass is 334 g/mol. The van der Waals surface area contributed by atoms with Gasteiger partial charge in [0, 0.05) is 0 Å². The Labute approximate surface area is 116 Å². The maximum Gasteiger partial charge on any atom is 0.207 e. The van der Waals surface area contributed by atoms with Crippen molar-refractivity contribution in [1.29, 1.82) is 0 Å². The van der Waals surface area contributed by atoms with Crippen molar-refractivity contribution in [2.75, 3.05) is 7.11 Å². The molecule has 0 fully saturated rings. The first-order valence-corrected chi connectivity index (χ1v) is 6.62. The average Bonchev–Trinajstić information content (AvgIpc) is 2.73.